The van der Waals surface area contributed by atoms with Crippen LogP contribution in [0.2, 0.25) is 0 Å². The third-order valence-electron chi connectivity index (χ3n) is 6.22. The van der Waals surface area contributed by atoms with Crippen molar-refractivity contribution in [3.05, 3.63) is 17.9 Å². The molecule has 1 heterocycles. The van der Waals surface area contributed by atoms with Crippen LogP contribution >= 0.6 is 39.7 Å². The standard InChI is InChI=1S/C17H28S.CH3.3ClH.Ti/c1-10-11(2)15-13(4)16(18-17(15)12(10)3)14-8-6-5-7-9-14;;;;;/h10-12,14-15,17H,5-9H2,1-4H3;1H3;3*1H;/q;-1;;;;+4/p-3. The summed E-state index contributed by atoms with van der Waals surface area (Å²) in [5.74, 6) is 4.56. The molecular formula is C18H31Cl3STi. The average molecular weight is 434 g/mol. The Labute approximate surface area is 165 Å². The van der Waals surface area contributed by atoms with E-state index in [1.54, 1.807) is 5.57 Å². The number of hydrogen-bond acceptors (Lipinski definition) is 1. The Morgan fingerprint density at radius 1 is 0.913 bits per heavy atom. The number of rotatable bonds is 1. The molecule has 5 unspecified atom stereocenters. The van der Waals surface area contributed by atoms with Crippen molar-refractivity contribution in [3.8, 4) is 0 Å². The summed E-state index contributed by atoms with van der Waals surface area (Å²) < 4.78 is 0. The van der Waals surface area contributed by atoms with Gasteiger partial charge in [-0.15, -0.1) is 11.8 Å². The first-order valence-electron chi connectivity index (χ1n) is 8.55. The molecule has 0 spiro atoms. The molecule has 0 aromatic carbocycles. The molecule has 2 fully saturated rings. The van der Waals surface area contributed by atoms with Gasteiger partial charge in [-0.2, -0.15) is 0 Å². The van der Waals surface area contributed by atoms with E-state index in [9.17, 15) is 0 Å². The molecule has 2 aliphatic carbocycles. The van der Waals surface area contributed by atoms with Gasteiger partial charge in [0.05, 0.1) is 0 Å². The summed E-state index contributed by atoms with van der Waals surface area (Å²) >= 11 is 0.374. The normalized spacial score (nSPS) is 36.9. The van der Waals surface area contributed by atoms with E-state index in [1.165, 1.54) is 32.1 Å². The first kappa shape index (κ1) is 22.7. The molecule has 2 saturated carbocycles. The molecule has 0 N–H and O–H groups in total. The van der Waals surface area contributed by atoms with Crippen molar-refractivity contribution in [1.82, 2.24) is 0 Å². The first-order chi connectivity index (χ1) is 10.3. The molecule has 0 aromatic heterocycles. The number of allylic oxidation sites excluding steroid dienone is 2. The minimum atomic E-state index is -1.92. The van der Waals surface area contributed by atoms with Crippen molar-refractivity contribution in [2.75, 3.05) is 0 Å². The van der Waals surface area contributed by atoms with Gasteiger partial charge in [-0.05, 0) is 54.3 Å². The summed E-state index contributed by atoms with van der Waals surface area (Å²) in [5, 5.41) is 0.909. The second-order valence-corrected chi connectivity index (χ2v) is 16.2. The van der Waals surface area contributed by atoms with Gasteiger partial charge < -0.3 is 7.43 Å². The van der Waals surface area contributed by atoms with Crippen molar-refractivity contribution < 1.29 is 14.7 Å². The fourth-order valence-electron chi connectivity index (χ4n) is 4.74. The van der Waals surface area contributed by atoms with E-state index in [1.807, 2.05) is 4.91 Å². The van der Waals surface area contributed by atoms with Crippen molar-refractivity contribution in [3.63, 3.8) is 0 Å². The maximum atomic E-state index is 4.97. The molecule has 23 heavy (non-hydrogen) atoms. The quantitative estimate of drug-likeness (QED) is 0.298. The second-order valence-electron chi connectivity index (χ2n) is 7.28. The van der Waals surface area contributed by atoms with E-state index in [4.69, 9.17) is 27.9 Å². The molecule has 0 nitrogen and oxygen atoms in total. The zero-order valence-corrected chi connectivity index (χ0v) is 19.7. The summed E-state index contributed by atoms with van der Waals surface area (Å²) in [5.41, 5.74) is 1.79. The third kappa shape index (κ3) is 5.33. The fraction of sp³-hybridized carbons (Fsp3) is 0.833. The van der Waals surface area contributed by atoms with E-state index in [0.29, 0.717) is 0 Å². The fourth-order valence-corrected chi connectivity index (χ4v) is 6.84. The van der Waals surface area contributed by atoms with Gasteiger partial charge in [0.1, 0.15) is 0 Å². The van der Waals surface area contributed by atoms with Crippen LogP contribution in [0.15, 0.2) is 10.5 Å². The molecule has 0 bridgehead atoms. The Hall–Kier alpha value is 1.67. The molecule has 0 aromatic rings. The van der Waals surface area contributed by atoms with Gasteiger partial charge in [-0.25, -0.2) is 0 Å². The van der Waals surface area contributed by atoms with E-state index < -0.39 is 14.7 Å². The monoisotopic (exact) mass is 432 g/mol. The molecule has 5 atom stereocenters. The Morgan fingerprint density at radius 3 is 1.91 bits per heavy atom. The molecule has 1 aliphatic heterocycles. The van der Waals surface area contributed by atoms with E-state index in [0.717, 1.165) is 34.8 Å². The number of fused-ring (bicyclic) bond motifs is 1. The summed E-state index contributed by atoms with van der Waals surface area (Å²) in [6, 6.07) is 0. The molecule has 134 valence electrons. The van der Waals surface area contributed by atoms with Crippen LogP contribution in [0, 0.1) is 37.0 Å². The zero-order chi connectivity index (χ0) is 16.4. The summed E-state index contributed by atoms with van der Waals surface area (Å²) in [6.07, 6.45) is 7.36. The van der Waals surface area contributed by atoms with Crippen molar-refractivity contribution in [2.45, 2.75) is 65.0 Å². The number of thioether (sulfide) groups is 1. The number of hydrogen-bond donors (Lipinski definition) is 0. The zero-order valence-electron chi connectivity index (χ0n) is 15.0. The van der Waals surface area contributed by atoms with Gasteiger partial charge >= 0.3 is 42.6 Å². The van der Waals surface area contributed by atoms with Crippen LogP contribution in [-0.4, -0.2) is 5.25 Å². The maximum absolute atomic E-state index is 4.97. The van der Waals surface area contributed by atoms with Gasteiger partial charge in [0.15, 0.2) is 0 Å². The summed E-state index contributed by atoms with van der Waals surface area (Å²) in [4.78, 5) is 1.83. The van der Waals surface area contributed by atoms with Gasteiger partial charge in [-0.3, -0.25) is 0 Å². The van der Waals surface area contributed by atoms with E-state index in [-0.39, 0.29) is 7.43 Å². The van der Waals surface area contributed by atoms with Gasteiger partial charge in [0.2, 0.25) is 0 Å². The predicted octanol–water partition coefficient (Wildman–Crippen LogP) is 8.01. The van der Waals surface area contributed by atoms with Crippen LogP contribution in [0.25, 0.3) is 0 Å². The third-order valence-corrected chi connectivity index (χ3v) is 8.13. The van der Waals surface area contributed by atoms with Crippen molar-refractivity contribution in [2.24, 2.45) is 29.6 Å². The first-order valence-corrected chi connectivity index (χ1v) is 15.9. The van der Waals surface area contributed by atoms with Gasteiger partial charge in [0.25, 0.3) is 0 Å². The van der Waals surface area contributed by atoms with Crippen LogP contribution in [0.3, 0.4) is 0 Å². The Kier molecular flexibility index (Phi) is 10.00. The second kappa shape index (κ2) is 10.1. The molecule has 0 saturated heterocycles. The van der Waals surface area contributed by atoms with Crippen LogP contribution in [0.1, 0.15) is 59.8 Å². The SMILES string of the molecule is CC1=C(C2CCCCC2)SC2C(C)C(C)C(C)C12.[CH3-].[Cl][Ti+]([Cl])[Cl]. The summed E-state index contributed by atoms with van der Waals surface area (Å²) in [6.45, 7) is 9.93. The van der Waals surface area contributed by atoms with Crippen LogP contribution < -0.4 is 0 Å². The molecule has 3 rings (SSSR count). The van der Waals surface area contributed by atoms with Crippen molar-refractivity contribution >= 4 is 39.7 Å². The Morgan fingerprint density at radius 2 is 1.43 bits per heavy atom. The number of halogens is 3. The molecule has 3 aliphatic rings. The average Bonchev–Trinajstić information content (AvgIpc) is 2.92. The van der Waals surface area contributed by atoms with E-state index in [2.05, 4.69) is 39.5 Å². The Balaban J connectivity index is 0.000000478. The molecule has 5 heteroatoms. The topological polar surface area (TPSA) is 0 Å². The van der Waals surface area contributed by atoms with Gasteiger partial charge in [0, 0.05) is 5.25 Å². The van der Waals surface area contributed by atoms with Crippen LogP contribution in [-0.2, 0) is 14.7 Å². The molecular weight excluding hydrogens is 402 g/mol. The van der Waals surface area contributed by atoms with Crippen LogP contribution in [0.5, 0.6) is 0 Å². The molecule has 0 radical (unpaired) electrons. The predicted molar refractivity (Wildman–Crippen MR) is 106 cm³/mol. The van der Waals surface area contributed by atoms with Gasteiger partial charge in [-0.1, -0.05) is 45.6 Å². The van der Waals surface area contributed by atoms with Crippen molar-refractivity contribution in [1.29, 1.82) is 0 Å². The minimum absolute atomic E-state index is 0. The van der Waals surface area contributed by atoms with E-state index >= 15 is 0 Å². The Bertz CT molecular complexity index is 404. The molecule has 0 amide bonds. The summed E-state index contributed by atoms with van der Waals surface area (Å²) in [7, 11) is 14.9. The van der Waals surface area contributed by atoms with Crippen LogP contribution in [0.4, 0.5) is 0 Å².